The number of nitrogens with one attached hydrogen (secondary N) is 1. The molecule has 0 radical (unpaired) electrons. The zero-order valence-corrected chi connectivity index (χ0v) is 17.4. The van der Waals surface area contributed by atoms with Crippen molar-refractivity contribution in [3.8, 4) is 0 Å². The number of rotatable bonds is 6. The van der Waals surface area contributed by atoms with E-state index in [1.54, 1.807) is 25.3 Å². The molecule has 158 valence electrons. The van der Waals surface area contributed by atoms with Crippen molar-refractivity contribution in [2.75, 3.05) is 19.6 Å². The standard InChI is InChI=1S/C20H23N5O4S/c1-14(26)25-12-8-16(9-13-25)20-23-18(29-24-20)7-11-22-30(27,28)17-6-2-4-15-5-3-10-21-19(15)17/h2-6,10,16,22H,7-9,11-13H2,1H3. The van der Waals surface area contributed by atoms with Crippen molar-refractivity contribution < 1.29 is 17.7 Å². The number of hydrogen-bond acceptors (Lipinski definition) is 7. The van der Waals surface area contributed by atoms with Crippen molar-refractivity contribution >= 4 is 26.8 Å². The number of sulfonamides is 1. The number of benzene rings is 1. The molecule has 3 heterocycles. The van der Waals surface area contributed by atoms with Crippen LogP contribution in [0.2, 0.25) is 0 Å². The highest BCUT2D eigenvalue weighted by Gasteiger charge is 2.26. The number of carbonyl (C=O) groups excluding carboxylic acids is 1. The Morgan fingerprint density at radius 2 is 2.00 bits per heavy atom. The second-order valence-electron chi connectivity index (χ2n) is 7.31. The van der Waals surface area contributed by atoms with E-state index in [0.717, 1.165) is 18.2 Å². The zero-order valence-electron chi connectivity index (χ0n) is 16.6. The molecule has 0 aliphatic carbocycles. The van der Waals surface area contributed by atoms with E-state index < -0.39 is 10.0 Å². The number of hydrogen-bond donors (Lipinski definition) is 1. The Labute approximate surface area is 174 Å². The molecule has 0 atom stereocenters. The van der Waals surface area contributed by atoms with E-state index in [2.05, 4.69) is 19.8 Å². The summed E-state index contributed by atoms with van der Waals surface area (Å²) in [6.07, 6.45) is 3.44. The van der Waals surface area contributed by atoms with Crippen molar-refractivity contribution in [1.82, 2.24) is 24.7 Å². The van der Waals surface area contributed by atoms with E-state index >= 15 is 0 Å². The predicted octanol–water partition coefficient (Wildman–Crippen LogP) is 1.86. The van der Waals surface area contributed by atoms with Crippen LogP contribution in [0.15, 0.2) is 45.9 Å². The number of nitrogens with zero attached hydrogens (tertiary/aromatic N) is 4. The average molecular weight is 430 g/mol. The summed E-state index contributed by atoms with van der Waals surface area (Å²) in [5, 5.41) is 4.81. The largest absolute Gasteiger partial charge is 0.343 e. The normalized spacial score (nSPS) is 15.6. The highest BCUT2D eigenvalue weighted by molar-refractivity contribution is 7.89. The summed E-state index contributed by atoms with van der Waals surface area (Å²) in [6.45, 7) is 3.07. The molecule has 3 aromatic rings. The number of piperidine rings is 1. The van der Waals surface area contributed by atoms with Gasteiger partial charge in [0, 0.05) is 50.5 Å². The number of likely N-dealkylation sites (tertiary alicyclic amines) is 1. The van der Waals surface area contributed by atoms with Gasteiger partial charge in [-0.3, -0.25) is 9.78 Å². The lowest BCUT2D eigenvalue weighted by Gasteiger charge is -2.29. The number of pyridine rings is 1. The number of carbonyl (C=O) groups is 1. The third-order valence-electron chi connectivity index (χ3n) is 5.31. The van der Waals surface area contributed by atoms with Crippen LogP contribution in [-0.4, -0.2) is 54.0 Å². The third kappa shape index (κ3) is 4.34. The zero-order chi connectivity index (χ0) is 21.1. The molecule has 1 fully saturated rings. The van der Waals surface area contributed by atoms with Crippen LogP contribution in [0, 0.1) is 0 Å². The van der Waals surface area contributed by atoms with Crippen molar-refractivity contribution in [3.05, 3.63) is 48.2 Å². The summed E-state index contributed by atoms with van der Waals surface area (Å²) >= 11 is 0. The highest BCUT2D eigenvalue weighted by atomic mass is 32.2. The van der Waals surface area contributed by atoms with Crippen molar-refractivity contribution in [3.63, 3.8) is 0 Å². The topological polar surface area (TPSA) is 118 Å². The van der Waals surface area contributed by atoms with Gasteiger partial charge in [-0.2, -0.15) is 4.98 Å². The molecule has 0 unspecified atom stereocenters. The molecule has 1 aliphatic rings. The van der Waals surface area contributed by atoms with E-state index in [0.29, 0.717) is 30.3 Å². The number of para-hydroxylation sites is 1. The Hall–Kier alpha value is -2.85. The quantitative estimate of drug-likeness (QED) is 0.635. The van der Waals surface area contributed by atoms with E-state index in [1.165, 1.54) is 6.07 Å². The minimum atomic E-state index is -3.72. The van der Waals surface area contributed by atoms with Crippen molar-refractivity contribution in [2.24, 2.45) is 0 Å². The van der Waals surface area contributed by atoms with Crippen LogP contribution in [0.1, 0.15) is 37.4 Å². The second-order valence-corrected chi connectivity index (χ2v) is 9.04. The van der Waals surface area contributed by atoms with Crippen LogP contribution < -0.4 is 4.72 Å². The van der Waals surface area contributed by atoms with E-state index in [9.17, 15) is 13.2 Å². The summed E-state index contributed by atoms with van der Waals surface area (Å²) in [5.41, 5.74) is 0.435. The first kappa shape index (κ1) is 20.4. The molecule has 1 amide bonds. The summed E-state index contributed by atoms with van der Waals surface area (Å²) in [4.78, 5) is 22.0. The number of amides is 1. The van der Waals surface area contributed by atoms with Crippen molar-refractivity contribution in [2.45, 2.75) is 37.0 Å². The molecular weight excluding hydrogens is 406 g/mol. The predicted molar refractivity (Wildman–Crippen MR) is 109 cm³/mol. The van der Waals surface area contributed by atoms with Crippen LogP contribution in [0.5, 0.6) is 0 Å². The van der Waals surface area contributed by atoms with Crippen LogP contribution in [0.25, 0.3) is 10.9 Å². The molecule has 1 aromatic carbocycles. The first-order valence-electron chi connectivity index (χ1n) is 9.85. The maximum Gasteiger partial charge on any atom is 0.242 e. The third-order valence-corrected chi connectivity index (χ3v) is 6.80. The molecule has 0 bridgehead atoms. The minimum absolute atomic E-state index is 0.0796. The molecule has 0 spiro atoms. The number of fused-ring (bicyclic) bond motifs is 1. The summed E-state index contributed by atoms with van der Waals surface area (Å²) in [5.74, 6) is 1.24. The molecule has 9 nitrogen and oxygen atoms in total. The fourth-order valence-electron chi connectivity index (χ4n) is 3.65. The Morgan fingerprint density at radius 1 is 1.23 bits per heavy atom. The fourth-order valence-corrected chi connectivity index (χ4v) is 4.86. The summed E-state index contributed by atoms with van der Waals surface area (Å²) in [6, 6.07) is 8.64. The van der Waals surface area contributed by atoms with Gasteiger partial charge in [-0.15, -0.1) is 0 Å². The average Bonchev–Trinajstić information content (AvgIpc) is 3.22. The SMILES string of the molecule is CC(=O)N1CCC(c2noc(CCNS(=O)(=O)c3cccc4cccnc34)n2)CC1. The van der Waals surface area contributed by atoms with Crippen LogP contribution in [0.4, 0.5) is 0 Å². The maximum atomic E-state index is 12.7. The summed E-state index contributed by atoms with van der Waals surface area (Å²) in [7, 11) is -3.72. The molecular formula is C20H23N5O4S. The van der Waals surface area contributed by atoms with Gasteiger partial charge in [0.05, 0.1) is 5.52 Å². The van der Waals surface area contributed by atoms with Gasteiger partial charge in [0.15, 0.2) is 5.82 Å². The van der Waals surface area contributed by atoms with E-state index in [-0.39, 0.29) is 29.7 Å². The van der Waals surface area contributed by atoms with E-state index in [4.69, 9.17) is 4.52 Å². The maximum absolute atomic E-state index is 12.7. The van der Waals surface area contributed by atoms with Crippen molar-refractivity contribution in [1.29, 1.82) is 0 Å². The van der Waals surface area contributed by atoms with Crippen LogP contribution >= 0.6 is 0 Å². The first-order valence-corrected chi connectivity index (χ1v) is 11.3. The fraction of sp³-hybridized carbons (Fsp3) is 0.400. The lowest BCUT2D eigenvalue weighted by atomic mass is 9.96. The molecule has 30 heavy (non-hydrogen) atoms. The Bertz CT molecular complexity index is 1150. The summed E-state index contributed by atoms with van der Waals surface area (Å²) < 4.78 is 33.3. The van der Waals surface area contributed by atoms with E-state index in [1.807, 2.05) is 17.0 Å². The molecule has 0 saturated carbocycles. The molecule has 1 aliphatic heterocycles. The molecule has 1 saturated heterocycles. The van der Waals surface area contributed by atoms with Gasteiger partial charge in [-0.1, -0.05) is 23.4 Å². The Balaban J connectivity index is 1.36. The van der Waals surface area contributed by atoms with Crippen LogP contribution in [0.3, 0.4) is 0 Å². The van der Waals surface area contributed by atoms with Gasteiger partial charge in [0.2, 0.25) is 21.8 Å². The Kier molecular flexibility index (Phi) is 5.78. The second kappa shape index (κ2) is 8.49. The molecule has 1 N–H and O–H groups in total. The van der Waals surface area contributed by atoms with Gasteiger partial charge in [-0.25, -0.2) is 13.1 Å². The monoisotopic (exact) mass is 429 g/mol. The highest BCUT2D eigenvalue weighted by Crippen LogP contribution is 2.26. The van der Waals surface area contributed by atoms with Gasteiger partial charge in [-0.05, 0) is 25.0 Å². The Morgan fingerprint density at radius 3 is 2.77 bits per heavy atom. The first-order chi connectivity index (χ1) is 14.4. The van der Waals surface area contributed by atoms with Gasteiger partial charge >= 0.3 is 0 Å². The smallest absolute Gasteiger partial charge is 0.242 e. The molecule has 10 heteroatoms. The number of aromatic nitrogens is 3. The molecule has 2 aromatic heterocycles. The van der Waals surface area contributed by atoms with Gasteiger partial charge < -0.3 is 9.42 Å². The minimum Gasteiger partial charge on any atom is -0.343 e. The lowest BCUT2D eigenvalue weighted by Crippen LogP contribution is -2.36. The lowest BCUT2D eigenvalue weighted by molar-refractivity contribution is -0.129. The van der Waals surface area contributed by atoms with Gasteiger partial charge in [0.25, 0.3) is 0 Å². The molecule has 4 rings (SSSR count). The van der Waals surface area contributed by atoms with Gasteiger partial charge in [0.1, 0.15) is 4.90 Å². The van der Waals surface area contributed by atoms with Crippen LogP contribution in [-0.2, 0) is 21.2 Å².